The Morgan fingerprint density at radius 3 is 2.49 bits per heavy atom. The molecular weight excluding hydrogens is 444 g/mol. The predicted octanol–water partition coefficient (Wildman–Crippen LogP) is 4.58. The number of carbonyl (C=O) groups excluding carboxylic acids is 2. The number of amides is 2. The number of benzene rings is 3. The second-order valence-electron chi connectivity index (χ2n) is 8.46. The summed E-state index contributed by atoms with van der Waals surface area (Å²) >= 11 is 0. The molecule has 0 saturated carbocycles. The van der Waals surface area contributed by atoms with Crippen molar-refractivity contribution < 1.29 is 23.8 Å². The van der Waals surface area contributed by atoms with Gasteiger partial charge in [0.05, 0.1) is 20.6 Å². The summed E-state index contributed by atoms with van der Waals surface area (Å²) in [7, 11) is 3.23. The zero-order chi connectivity index (χ0) is 24.8. The summed E-state index contributed by atoms with van der Waals surface area (Å²) in [6.45, 7) is 2.77. The Balaban J connectivity index is 1.51. The third-order valence-corrected chi connectivity index (χ3v) is 5.96. The molecule has 1 aliphatic rings. The molecule has 7 heteroatoms. The Kier molecular flexibility index (Phi) is 7.55. The molecule has 1 unspecified atom stereocenters. The van der Waals surface area contributed by atoms with Crippen molar-refractivity contribution in [1.82, 2.24) is 4.90 Å². The van der Waals surface area contributed by atoms with Gasteiger partial charge in [-0.05, 0) is 60.0 Å². The molecule has 1 heterocycles. The van der Waals surface area contributed by atoms with Crippen LogP contribution in [0.25, 0.3) is 0 Å². The first-order chi connectivity index (χ1) is 17.0. The minimum atomic E-state index is -0.553. The number of carbonyl (C=O) groups is 2. The van der Waals surface area contributed by atoms with E-state index in [2.05, 4.69) is 5.32 Å². The van der Waals surface area contributed by atoms with Crippen molar-refractivity contribution in [2.75, 3.05) is 19.5 Å². The van der Waals surface area contributed by atoms with Gasteiger partial charge >= 0.3 is 0 Å². The van der Waals surface area contributed by atoms with Gasteiger partial charge in [-0.2, -0.15) is 0 Å². The fourth-order valence-corrected chi connectivity index (χ4v) is 4.10. The number of nitrogens with zero attached hydrogens (tertiary/aromatic N) is 1. The maximum absolute atomic E-state index is 13.2. The topological polar surface area (TPSA) is 77.1 Å². The van der Waals surface area contributed by atoms with E-state index in [0.29, 0.717) is 36.7 Å². The largest absolute Gasteiger partial charge is 0.497 e. The molecule has 4 rings (SSSR count). The van der Waals surface area contributed by atoms with Crippen LogP contribution in [0.4, 0.5) is 5.69 Å². The van der Waals surface area contributed by atoms with Crippen LogP contribution in [0.3, 0.4) is 0 Å². The van der Waals surface area contributed by atoms with Crippen LogP contribution in [-0.2, 0) is 29.1 Å². The molecule has 1 aliphatic heterocycles. The average molecular weight is 475 g/mol. The summed E-state index contributed by atoms with van der Waals surface area (Å²) in [4.78, 5) is 27.7. The van der Waals surface area contributed by atoms with E-state index in [-0.39, 0.29) is 18.2 Å². The molecular formula is C28H30N2O5. The van der Waals surface area contributed by atoms with Crippen LogP contribution in [-0.4, -0.2) is 37.0 Å². The molecule has 0 fully saturated rings. The summed E-state index contributed by atoms with van der Waals surface area (Å²) in [6, 6.07) is 20.6. The first-order valence-corrected chi connectivity index (χ1v) is 11.6. The van der Waals surface area contributed by atoms with Gasteiger partial charge in [-0.15, -0.1) is 0 Å². The highest BCUT2D eigenvalue weighted by molar-refractivity contribution is 5.92. The number of hydrogen-bond donors (Lipinski definition) is 1. The molecule has 0 saturated heterocycles. The van der Waals surface area contributed by atoms with E-state index in [0.717, 1.165) is 22.4 Å². The van der Waals surface area contributed by atoms with Gasteiger partial charge in [-0.1, -0.05) is 31.2 Å². The quantitative estimate of drug-likeness (QED) is 0.517. The molecule has 35 heavy (non-hydrogen) atoms. The number of rotatable bonds is 8. The molecule has 3 aromatic rings. The van der Waals surface area contributed by atoms with Crippen molar-refractivity contribution in [3.05, 3.63) is 83.4 Å². The number of fused-ring (bicyclic) bond motifs is 1. The van der Waals surface area contributed by atoms with Gasteiger partial charge in [0.2, 0.25) is 5.91 Å². The minimum Gasteiger partial charge on any atom is -0.497 e. The molecule has 1 atom stereocenters. The van der Waals surface area contributed by atoms with E-state index < -0.39 is 6.10 Å². The molecule has 0 spiro atoms. The lowest BCUT2D eigenvalue weighted by atomic mass is 10.1. The van der Waals surface area contributed by atoms with E-state index in [1.807, 2.05) is 67.6 Å². The second-order valence-corrected chi connectivity index (χ2v) is 8.46. The van der Waals surface area contributed by atoms with Gasteiger partial charge in [0, 0.05) is 24.3 Å². The number of anilines is 1. The Bertz CT molecular complexity index is 1190. The van der Waals surface area contributed by atoms with Crippen molar-refractivity contribution >= 4 is 17.5 Å². The summed E-state index contributed by atoms with van der Waals surface area (Å²) in [5.74, 6) is 1.96. The molecule has 1 N–H and O–H groups in total. The van der Waals surface area contributed by atoms with E-state index in [9.17, 15) is 9.59 Å². The van der Waals surface area contributed by atoms with Crippen molar-refractivity contribution in [1.29, 1.82) is 0 Å². The number of hydrogen-bond acceptors (Lipinski definition) is 5. The van der Waals surface area contributed by atoms with Crippen LogP contribution in [0.1, 0.15) is 30.0 Å². The van der Waals surface area contributed by atoms with Crippen LogP contribution in [0.2, 0.25) is 0 Å². The van der Waals surface area contributed by atoms with Crippen molar-refractivity contribution in [3.63, 3.8) is 0 Å². The maximum Gasteiger partial charge on any atom is 0.264 e. The van der Waals surface area contributed by atoms with Gasteiger partial charge in [0.25, 0.3) is 5.91 Å². The SMILES string of the molecule is CCC1Oc2ccc(NC(=O)Cc3cccc(OC)c3)cc2CN(Cc2ccc(OC)cc2)C1=O. The van der Waals surface area contributed by atoms with Gasteiger partial charge < -0.3 is 24.4 Å². The van der Waals surface area contributed by atoms with Crippen LogP contribution in [0, 0.1) is 0 Å². The molecule has 0 aliphatic carbocycles. The Morgan fingerprint density at radius 1 is 1.00 bits per heavy atom. The fourth-order valence-electron chi connectivity index (χ4n) is 4.10. The fraction of sp³-hybridized carbons (Fsp3) is 0.286. The predicted molar refractivity (Wildman–Crippen MR) is 134 cm³/mol. The third kappa shape index (κ3) is 5.93. The monoisotopic (exact) mass is 474 g/mol. The zero-order valence-corrected chi connectivity index (χ0v) is 20.2. The summed E-state index contributed by atoms with van der Waals surface area (Å²) < 4.78 is 16.5. The summed E-state index contributed by atoms with van der Waals surface area (Å²) in [6.07, 6.45) is 0.240. The normalized spacial score (nSPS) is 15.0. The van der Waals surface area contributed by atoms with Crippen LogP contribution in [0.15, 0.2) is 66.7 Å². The molecule has 182 valence electrons. The Hall–Kier alpha value is -4.00. The molecule has 0 bridgehead atoms. The van der Waals surface area contributed by atoms with E-state index >= 15 is 0 Å². The molecule has 0 radical (unpaired) electrons. The van der Waals surface area contributed by atoms with Gasteiger partial charge in [0.15, 0.2) is 6.10 Å². The minimum absolute atomic E-state index is 0.0527. The first-order valence-electron chi connectivity index (χ1n) is 11.6. The smallest absolute Gasteiger partial charge is 0.264 e. The van der Waals surface area contributed by atoms with Crippen molar-refractivity contribution in [2.45, 2.75) is 39.0 Å². The lowest BCUT2D eigenvalue weighted by Gasteiger charge is -2.23. The first kappa shape index (κ1) is 24.1. The Labute approximate surface area is 205 Å². The lowest BCUT2D eigenvalue weighted by molar-refractivity contribution is -0.139. The highest BCUT2D eigenvalue weighted by Gasteiger charge is 2.30. The van der Waals surface area contributed by atoms with Crippen LogP contribution in [0.5, 0.6) is 17.2 Å². The van der Waals surface area contributed by atoms with Gasteiger partial charge in [-0.3, -0.25) is 9.59 Å². The highest BCUT2D eigenvalue weighted by atomic mass is 16.5. The standard InChI is InChI=1S/C28H30N2O5/c1-4-25-28(32)30(17-19-8-11-23(33-2)12-9-19)18-21-16-22(10-13-26(21)35-25)29-27(31)15-20-6-5-7-24(14-20)34-3/h5-14,16,25H,4,15,17-18H2,1-3H3,(H,29,31). The number of nitrogens with one attached hydrogen (secondary N) is 1. The zero-order valence-electron chi connectivity index (χ0n) is 20.2. The van der Waals surface area contributed by atoms with Gasteiger partial charge in [-0.25, -0.2) is 0 Å². The maximum atomic E-state index is 13.2. The van der Waals surface area contributed by atoms with Gasteiger partial charge in [0.1, 0.15) is 17.2 Å². The molecule has 0 aromatic heterocycles. The second kappa shape index (κ2) is 11.0. The Morgan fingerprint density at radius 2 is 1.77 bits per heavy atom. The third-order valence-electron chi connectivity index (χ3n) is 5.96. The number of ether oxygens (including phenoxy) is 3. The summed E-state index contributed by atoms with van der Waals surface area (Å²) in [5, 5.41) is 2.96. The van der Waals surface area contributed by atoms with Crippen LogP contribution >= 0.6 is 0 Å². The van der Waals surface area contributed by atoms with E-state index in [1.54, 1.807) is 25.2 Å². The molecule has 7 nitrogen and oxygen atoms in total. The molecule has 2 amide bonds. The van der Waals surface area contributed by atoms with E-state index in [4.69, 9.17) is 14.2 Å². The average Bonchev–Trinajstić information content (AvgIpc) is 3.00. The van der Waals surface area contributed by atoms with Crippen molar-refractivity contribution in [3.8, 4) is 17.2 Å². The summed E-state index contributed by atoms with van der Waals surface area (Å²) in [5.41, 5.74) is 3.37. The number of methoxy groups -OCH3 is 2. The van der Waals surface area contributed by atoms with Crippen molar-refractivity contribution in [2.24, 2.45) is 0 Å². The lowest BCUT2D eigenvalue weighted by Crippen LogP contribution is -2.38. The van der Waals surface area contributed by atoms with Crippen LogP contribution < -0.4 is 19.5 Å². The molecule has 3 aromatic carbocycles. The highest BCUT2D eigenvalue weighted by Crippen LogP contribution is 2.30. The van der Waals surface area contributed by atoms with E-state index in [1.165, 1.54) is 0 Å².